The molecule has 0 amide bonds. The molecule has 0 aromatic heterocycles. The molecule has 1 heteroatoms. The molecule has 0 atom stereocenters. The van der Waals surface area contributed by atoms with Crippen molar-refractivity contribution in [1.29, 1.82) is 0 Å². The molecule has 0 unspecified atom stereocenters. The highest BCUT2D eigenvalue weighted by atomic mass is 14.8. The van der Waals surface area contributed by atoms with Crippen LogP contribution in [0.4, 0.5) is 0 Å². The Hall–Kier alpha value is -0.330. The van der Waals surface area contributed by atoms with Crippen molar-refractivity contribution in [2.24, 2.45) is 4.99 Å². The first-order chi connectivity index (χ1) is 5.86. The van der Waals surface area contributed by atoms with E-state index in [1.165, 1.54) is 37.8 Å². The molecule has 0 heterocycles. The summed E-state index contributed by atoms with van der Waals surface area (Å²) < 4.78 is 0. The van der Waals surface area contributed by atoms with Crippen molar-refractivity contribution >= 4 is 5.71 Å². The summed E-state index contributed by atoms with van der Waals surface area (Å²) in [7, 11) is 0. The van der Waals surface area contributed by atoms with Crippen LogP contribution in [-0.4, -0.2) is 11.8 Å². The first-order valence-electron chi connectivity index (χ1n) is 5.42. The van der Waals surface area contributed by atoms with Crippen molar-refractivity contribution in [3.63, 3.8) is 0 Å². The fourth-order valence-electron chi connectivity index (χ4n) is 1.90. The second-order valence-corrected chi connectivity index (χ2v) is 3.69. The van der Waals surface area contributed by atoms with Crippen LogP contribution in [0.25, 0.3) is 0 Å². The molecule has 0 radical (unpaired) electrons. The standard InChI is InChI=1S/C11H21N/c1-3-10(4-2)12-11-8-6-5-7-9-11/h11H,3-9H2,1-2H3. The molecule has 70 valence electrons. The summed E-state index contributed by atoms with van der Waals surface area (Å²) in [5.41, 5.74) is 1.42. The van der Waals surface area contributed by atoms with E-state index >= 15 is 0 Å². The third-order valence-electron chi connectivity index (χ3n) is 2.76. The van der Waals surface area contributed by atoms with Crippen LogP contribution in [0.15, 0.2) is 4.99 Å². The lowest BCUT2D eigenvalue weighted by Gasteiger charge is -2.18. The number of hydrogen-bond donors (Lipinski definition) is 0. The molecule has 0 aromatic carbocycles. The van der Waals surface area contributed by atoms with Crippen LogP contribution in [0.1, 0.15) is 58.8 Å². The summed E-state index contributed by atoms with van der Waals surface area (Å²) in [6, 6.07) is 0.675. The van der Waals surface area contributed by atoms with Gasteiger partial charge in [-0.3, -0.25) is 4.99 Å². The van der Waals surface area contributed by atoms with Crippen LogP contribution >= 0.6 is 0 Å². The Morgan fingerprint density at radius 2 is 1.67 bits per heavy atom. The van der Waals surface area contributed by atoms with Gasteiger partial charge in [0.15, 0.2) is 0 Å². The molecule has 0 bridgehead atoms. The Morgan fingerprint density at radius 3 is 2.17 bits per heavy atom. The van der Waals surface area contributed by atoms with Gasteiger partial charge in [0.1, 0.15) is 0 Å². The van der Waals surface area contributed by atoms with E-state index in [1.54, 1.807) is 0 Å². The zero-order chi connectivity index (χ0) is 8.81. The Bertz CT molecular complexity index is 137. The number of nitrogens with zero attached hydrogens (tertiary/aromatic N) is 1. The molecule has 0 saturated heterocycles. The molecule has 12 heavy (non-hydrogen) atoms. The predicted octanol–water partition coefficient (Wildman–Crippen LogP) is 3.58. The minimum atomic E-state index is 0.675. The third-order valence-corrected chi connectivity index (χ3v) is 2.76. The molecule has 1 saturated carbocycles. The van der Waals surface area contributed by atoms with Crippen molar-refractivity contribution in [1.82, 2.24) is 0 Å². The van der Waals surface area contributed by atoms with E-state index in [4.69, 9.17) is 4.99 Å². The number of aliphatic imine (C=N–C) groups is 1. The molecule has 0 aromatic rings. The molecule has 1 aliphatic rings. The second-order valence-electron chi connectivity index (χ2n) is 3.69. The zero-order valence-electron chi connectivity index (χ0n) is 8.47. The molecule has 1 rings (SSSR count). The summed E-state index contributed by atoms with van der Waals surface area (Å²) in [6.45, 7) is 4.43. The smallest absolute Gasteiger partial charge is 0.0499 e. The number of hydrogen-bond acceptors (Lipinski definition) is 1. The van der Waals surface area contributed by atoms with E-state index in [2.05, 4.69) is 13.8 Å². The van der Waals surface area contributed by atoms with Gasteiger partial charge in [-0.2, -0.15) is 0 Å². The van der Waals surface area contributed by atoms with E-state index in [9.17, 15) is 0 Å². The SMILES string of the molecule is CCC(CC)=NC1CCCCC1. The second kappa shape index (κ2) is 5.34. The van der Waals surface area contributed by atoms with Gasteiger partial charge in [-0.05, 0) is 25.7 Å². The molecule has 0 N–H and O–H groups in total. The predicted molar refractivity (Wildman–Crippen MR) is 54.9 cm³/mol. The molecule has 1 aliphatic carbocycles. The quantitative estimate of drug-likeness (QED) is 0.570. The van der Waals surface area contributed by atoms with Crippen molar-refractivity contribution in [2.45, 2.75) is 64.8 Å². The van der Waals surface area contributed by atoms with E-state index < -0.39 is 0 Å². The van der Waals surface area contributed by atoms with E-state index in [1.807, 2.05) is 0 Å². The average molecular weight is 167 g/mol. The summed E-state index contributed by atoms with van der Waals surface area (Å²) in [5.74, 6) is 0. The highest BCUT2D eigenvalue weighted by Crippen LogP contribution is 2.20. The van der Waals surface area contributed by atoms with Crippen molar-refractivity contribution < 1.29 is 0 Å². The average Bonchev–Trinajstić information content (AvgIpc) is 2.16. The van der Waals surface area contributed by atoms with Gasteiger partial charge >= 0.3 is 0 Å². The van der Waals surface area contributed by atoms with Crippen molar-refractivity contribution in [3.05, 3.63) is 0 Å². The van der Waals surface area contributed by atoms with Crippen LogP contribution in [0.5, 0.6) is 0 Å². The Morgan fingerprint density at radius 1 is 1.08 bits per heavy atom. The van der Waals surface area contributed by atoms with Crippen LogP contribution in [0.3, 0.4) is 0 Å². The Kier molecular flexibility index (Phi) is 4.34. The van der Waals surface area contributed by atoms with Crippen molar-refractivity contribution in [3.8, 4) is 0 Å². The van der Waals surface area contributed by atoms with Crippen LogP contribution < -0.4 is 0 Å². The molecule has 1 nitrogen and oxygen atoms in total. The Labute approximate surface area is 76.3 Å². The van der Waals surface area contributed by atoms with Crippen LogP contribution in [0, 0.1) is 0 Å². The summed E-state index contributed by atoms with van der Waals surface area (Å²) >= 11 is 0. The van der Waals surface area contributed by atoms with Gasteiger partial charge in [0.05, 0.1) is 0 Å². The third kappa shape index (κ3) is 2.96. The normalized spacial score (nSPS) is 19.2. The fraction of sp³-hybridized carbons (Fsp3) is 0.909. The van der Waals surface area contributed by atoms with Gasteiger partial charge in [-0.25, -0.2) is 0 Å². The lowest BCUT2D eigenvalue weighted by molar-refractivity contribution is 0.442. The summed E-state index contributed by atoms with van der Waals surface area (Å²) in [4.78, 5) is 4.79. The van der Waals surface area contributed by atoms with Crippen molar-refractivity contribution in [2.75, 3.05) is 0 Å². The zero-order valence-corrected chi connectivity index (χ0v) is 8.47. The lowest BCUT2D eigenvalue weighted by atomic mass is 9.96. The lowest BCUT2D eigenvalue weighted by Crippen LogP contribution is -2.12. The maximum Gasteiger partial charge on any atom is 0.0499 e. The highest BCUT2D eigenvalue weighted by Gasteiger charge is 2.11. The van der Waals surface area contributed by atoms with Gasteiger partial charge in [-0.1, -0.05) is 33.1 Å². The molecular formula is C11H21N. The van der Waals surface area contributed by atoms with Gasteiger partial charge < -0.3 is 0 Å². The first kappa shape index (κ1) is 9.76. The largest absolute Gasteiger partial charge is 0.291 e. The molecule has 0 aliphatic heterocycles. The Balaban J connectivity index is 2.39. The van der Waals surface area contributed by atoms with E-state index in [0.29, 0.717) is 6.04 Å². The monoisotopic (exact) mass is 167 g/mol. The van der Waals surface area contributed by atoms with Gasteiger partial charge in [0.2, 0.25) is 0 Å². The van der Waals surface area contributed by atoms with Crippen LogP contribution in [-0.2, 0) is 0 Å². The number of rotatable bonds is 3. The molecule has 1 fully saturated rings. The molecular weight excluding hydrogens is 146 g/mol. The first-order valence-corrected chi connectivity index (χ1v) is 5.42. The van der Waals surface area contributed by atoms with E-state index in [0.717, 1.165) is 12.8 Å². The summed E-state index contributed by atoms with van der Waals surface area (Å²) in [5, 5.41) is 0. The van der Waals surface area contributed by atoms with Gasteiger partial charge in [-0.15, -0.1) is 0 Å². The topological polar surface area (TPSA) is 12.4 Å². The molecule has 0 spiro atoms. The van der Waals surface area contributed by atoms with Gasteiger partial charge in [0, 0.05) is 11.8 Å². The fourth-order valence-corrected chi connectivity index (χ4v) is 1.90. The minimum absolute atomic E-state index is 0.675. The maximum atomic E-state index is 4.79. The highest BCUT2D eigenvalue weighted by molar-refractivity contribution is 5.84. The van der Waals surface area contributed by atoms with E-state index in [-0.39, 0.29) is 0 Å². The summed E-state index contributed by atoms with van der Waals surface area (Å²) in [6.07, 6.45) is 9.19. The maximum absolute atomic E-state index is 4.79. The van der Waals surface area contributed by atoms with Crippen LogP contribution in [0.2, 0.25) is 0 Å². The van der Waals surface area contributed by atoms with Gasteiger partial charge in [0.25, 0.3) is 0 Å². The minimum Gasteiger partial charge on any atom is -0.291 e.